The normalized spacial score (nSPS) is 22.4. The monoisotopic (exact) mass is 538 g/mol. The fourth-order valence-corrected chi connectivity index (χ4v) is 7.32. The molecule has 0 bridgehead atoms. The van der Waals surface area contributed by atoms with Crippen LogP contribution in [0.5, 0.6) is 5.75 Å². The van der Waals surface area contributed by atoms with Crippen LogP contribution in [0, 0.1) is 5.92 Å². The zero-order valence-electron chi connectivity index (χ0n) is 20.1. The van der Waals surface area contributed by atoms with Gasteiger partial charge in [0.2, 0.25) is 10.0 Å². The minimum absolute atomic E-state index is 0. The highest BCUT2D eigenvalue weighted by Gasteiger charge is 2.35. The van der Waals surface area contributed by atoms with E-state index in [1.807, 2.05) is 18.2 Å². The standard InChI is InChI=1S/C27H35ClN2O3S.ClH/c28-23-5-3-4-21(16-23)17-26-25-18-24(33-15-12-29-34(31,32)19-20-6-7-20)10-8-22(25)9-11-27(26)30-13-1-2-14-30;/h3-5,8,10,16,18,20,26-27,29H,1-2,6-7,9,11-15,17,19H2;1H. The molecule has 0 radical (unpaired) electrons. The van der Waals surface area contributed by atoms with Gasteiger partial charge in [0, 0.05) is 23.5 Å². The Kier molecular flexibility index (Phi) is 9.04. The van der Waals surface area contributed by atoms with Crippen molar-refractivity contribution in [2.45, 2.75) is 56.9 Å². The van der Waals surface area contributed by atoms with E-state index >= 15 is 0 Å². The van der Waals surface area contributed by atoms with Crippen molar-refractivity contribution in [1.82, 2.24) is 9.62 Å². The molecule has 2 unspecified atom stereocenters. The van der Waals surface area contributed by atoms with Gasteiger partial charge in [-0.05, 0) is 105 Å². The van der Waals surface area contributed by atoms with Crippen molar-refractivity contribution in [2.24, 2.45) is 5.92 Å². The Morgan fingerprint density at radius 1 is 1.06 bits per heavy atom. The number of ether oxygens (including phenoxy) is 1. The number of nitrogens with one attached hydrogen (secondary N) is 1. The highest BCUT2D eigenvalue weighted by Crippen LogP contribution is 2.40. The van der Waals surface area contributed by atoms with Crippen LogP contribution in [0.15, 0.2) is 42.5 Å². The molecular weight excluding hydrogens is 503 g/mol. The van der Waals surface area contributed by atoms with Crippen LogP contribution in [0.3, 0.4) is 0 Å². The Labute approximate surface area is 221 Å². The lowest BCUT2D eigenvalue weighted by Gasteiger charge is -2.39. The molecular formula is C27H36Cl2N2O3S. The molecule has 35 heavy (non-hydrogen) atoms. The van der Waals surface area contributed by atoms with Gasteiger partial charge in [-0.2, -0.15) is 0 Å². The first kappa shape index (κ1) is 26.7. The van der Waals surface area contributed by atoms with E-state index in [-0.39, 0.29) is 18.2 Å². The topological polar surface area (TPSA) is 58.6 Å². The van der Waals surface area contributed by atoms with E-state index in [1.54, 1.807) is 0 Å². The van der Waals surface area contributed by atoms with Gasteiger partial charge < -0.3 is 4.74 Å². The summed E-state index contributed by atoms with van der Waals surface area (Å²) in [5.41, 5.74) is 4.04. The number of hydrogen-bond acceptors (Lipinski definition) is 4. The van der Waals surface area contributed by atoms with Crippen LogP contribution in [0.2, 0.25) is 5.02 Å². The number of rotatable bonds is 10. The molecule has 192 valence electrons. The maximum absolute atomic E-state index is 12.1. The molecule has 0 spiro atoms. The van der Waals surface area contributed by atoms with Crippen LogP contribution in [-0.4, -0.2) is 51.4 Å². The van der Waals surface area contributed by atoms with Gasteiger partial charge in [0.05, 0.1) is 5.75 Å². The number of hydrogen-bond donors (Lipinski definition) is 1. The Hall–Kier alpha value is -1.31. The summed E-state index contributed by atoms with van der Waals surface area (Å²) in [6, 6.07) is 15.2. The third-order valence-electron chi connectivity index (χ3n) is 7.49. The lowest BCUT2D eigenvalue weighted by molar-refractivity contribution is 0.188. The molecule has 5 rings (SSSR count). The van der Waals surface area contributed by atoms with Crippen LogP contribution >= 0.6 is 24.0 Å². The van der Waals surface area contributed by atoms with Gasteiger partial charge in [-0.15, -0.1) is 12.4 Å². The summed E-state index contributed by atoms with van der Waals surface area (Å²) in [5.74, 6) is 1.80. The molecule has 2 aromatic rings. The van der Waals surface area contributed by atoms with Crippen molar-refractivity contribution < 1.29 is 13.2 Å². The largest absolute Gasteiger partial charge is 0.492 e. The predicted molar refractivity (Wildman–Crippen MR) is 145 cm³/mol. The first-order valence-corrected chi connectivity index (χ1v) is 14.7. The van der Waals surface area contributed by atoms with Crippen LogP contribution in [-0.2, 0) is 22.9 Å². The first-order chi connectivity index (χ1) is 16.5. The molecule has 1 heterocycles. The third kappa shape index (κ3) is 7.14. The Morgan fingerprint density at radius 3 is 2.60 bits per heavy atom. The Bertz CT molecular complexity index is 1100. The van der Waals surface area contributed by atoms with Crippen molar-refractivity contribution in [3.8, 4) is 5.75 Å². The van der Waals surface area contributed by atoms with Gasteiger partial charge in [0.1, 0.15) is 12.4 Å². The summed E-state index contributed by atoms with van der Waals surface area (Å²) < 4.78 is 32.9. The molecule has 1 N–H and O–H groups in total. The van der Waals surface area contributed by atoms with Gasteiger partial charge in [-0.25, -0.2) is 13.1 Å². The number of sulfonamides is 1. The number of halogens is 2. The van der Waals surface area contributed by atoms with Crippen molar-refractivity contribution in [3.05, 3.63) is 64.2 Å². The fraction of sp³-hybridized carbons (Fsp3) is 0.556. The highest BCUT2D eigenvalue weighted by molar-refractivity contribution is 7.89. The van der Waals surface area contributed by atoms with E-state index in [2.05, 4.69) is 33.9 Å². The van der Waals surface area contributed by atoms with E-state index in [1.165, 1.54) is 49.0 Å². The Balaban J connectivity index is 0.00000289. The lowest BCUT2D eigenvalue weighted by atomic mass is 9.75. The maximum Gasteiger partial charge on any atom is 0.211 e. The van der Waals surface area contributed by atoms with Crippen molar-refractivity contribution in [2.75, 3.05) is 32.0 Å². The molecule has 2 aromatic carbocycles. The number of aryl methyl sites for hydroxylation is 1. The number of fused-ring (bicyclic) bond motifs is 1. The third-order valence-corrected chi connectivity index (χ3v) is 9.28. The molecule has 2 aliphatic carbocycles. The molecule has 0 aromatic heterocycles. The summed E-state index contributed by atoms with van der Waals surface area (Å²) in [5, 5.41) is 0.785. The van der Waals surface area contributed by atoms with E-state index in [4.69, 9.17) is 16.3 Å². The smallest absolute Gasteiger partial charge is 0.211 e. The summed E-state index contributed by atoms with van der Waals surface area (Å²) in [6.07, 6.45) is 7.85. The maximum atomic E-state index is 12.1. The second-order valence-electron chi connectivity index (χ2n) is 10.1. The van der Waals surface area contributed by atoms with Crippen LogP contribution in [0.25, 0.3) is 0 Å². The van der Waals surface area contributed by atoms with Crippen molar-refractivity contribution in [3.63, 3.8) is 0 Å². The first-order valence-electron chi connectivity index (χ1n) is 12.7. The van der Waals surface area contributed by atoms with Gasteiger partial charge >= 0.3 is 0 Å². The SMILES string of the molecule is Cl.O=S(=O)(CC1CC1)NCCOc1ccc2c(c1)C(Cc1cccc(Cl)c1)C(N1CCCC1)CC2. The predicted octanol–water partition coefficient (Wildman–Crippen LogP) is 5.21. The highest BCUT2D eigenvalue weighted by atomic mass is 35.5. The van der Waals surface area contributed by atoms with Gasteiger partial charge in [0.15, 0.2) is 0 Å². The zero-order chi connectivity index (χ0) is 23.5. The quantitative estimate of drug-likeness (QED) is 0.422. The summed E-state index contributed by atoms with van der Waals surface area (Å²) >= 11 is 6.31. The van der Waals surface area contributed by atoms with Crippen LogP contribution in [0.1, 0.15) is 54.7 Å². The van der Waals surface area contributed by atoms with Crippen molar-refractivity contribution >= 4 is 34.0 Å². The van der Waals surface area contributed by atoms with E-state index in [0.717, 1.165) is 36.5 Å². The molecule has 2 atom stereocenters. The average Bonchev–Trinajstić information content (AvgIpc) is 3.44. The second-order valence-corrected chi connectivity index (χ2v) is 12.4. The molecule has 2 fully saturated rings. The molecule has 3 aliphatic rings. The van der Waals surface area contributed by atoms with E-state index < -0.39 is 10.0 Å². The zero-order valence-corrected chi connectivity index (χ0v) is 22.5. The molecule has 8 heteroatoms. The molecule has 1 saturated heterocycles. The average molecular weight is 540 g/mol. The lowest BCUT2D eigenvalue weighted by Crippen LogP contribution is -2.41. The van der Waals surface area contributed by atoms with E-state index in [9.17, 15) is 8.42 Å². The van der Waals surface area contributed by atoms with Gasteiger partial charge in [-0.1, -0.05) is 29.8 Å². The van der Waals surface area contributed by atoms with Crippen LogP contribution in [0.4, 0.5) is 0 Å². The summed E-state index contributed by atoms with van der Waals surface area (Å²) in [7, 11) is -3.20. The van der Waals surface area contributed by atoms with Crippen molar-refractivity contribution in [1.29, 1.82) is 0 Å². The molecule has 0 amide bonds. The summed E-state index contributed by atoms with van der Waals surface area (Å²) in [4.78, 5) is 2.68. The molecule has 5 nitrogen and oxygen atoms in total. The summed E-state index contributed by atoms with van der Waals surface area (Å²) in [6.45, 7) is 3.00. The minimum atomic E-state index is -3.20. The van der Waals surface area contributed by atoms with E-state index in [0.29, 0.717) is 31.0 Å². The van der Waals surface area contributed by atoms with Gasteiger partial charge in [-0.3, -0.25) is 4.90 Å². The minimum Gasteiger partial charge on any atom is -0.492 e. The second kappa shape index (κ2) is 11.8. The number of likely N-dealkylation sites (tertiary alicyclic amines) is 1. The molecule has 1 saturated carbocycles. The number of benzene rings is 2. The van der Waals surface area contributed by atoms with Gasteiger partial charge in [0.25, 0.3) is 0 Å². The Morgan fingerprint density at radius 2 is 1.86 bits per heavy atom. The van der Waals surface area contributed by atoms with Crippen LogP contribution < -0.4 is 9.46 Å². The number of nitrogens with zero attached hydrogens (tertiary/aromatic N) is 1. The fourth-order valence-electron chi connectivity index (χ4n) is 5.64. The molecule has 1 aliphatic heterocycles.